The summed E-state index contributed by atoms with van der Waals surface area (Å²) < 4.78 is 0.850. The Balaban J connectivity index is 1.93. The Hall–Kier alpha value is -1.30. The Morgan fingerprint density at radius 2 is 2.00 bits per heavy atom. The number of rotatable bonds is 5. The highest BCUT2D eigenvalue weighted by Crippen LogP contribution is 2.19. The Morgan fingerprint density at radius 1 is 1.29 bits per heavy atom. The Bertz CT molecular complexity index is 616. The van der Waals surface area contributed by atoms with Gasteiger partial charge in [0.15, 0.2) is 0 Å². The quantitative estimate of drug-likeness (QED) is 0.795. The molecule has 0 unspecified atom stereocenters. The number of amides is 1. The molecule has 21 heavy (non-hydrogen) atoms. The van der Waals surface area contributed by atoms with Crippen LogP contribution in [0.15, 0.2) is 57.9 Å². The second-order valence-corrected chi connectivity index (χ2v) is 6.30. The van der Waals surface area contributed by atoms with Gasteiger partial charge in [-0.2, -0.15) is 0 Å². The van der Waals surface area contributed by atoms with Crippen molar-refractivity contribution in [1.29, 1.82) is 0 Å². The highest BCUT2D eigenvalue weighted by atomic mass is 79.9. The third kappa shape index (κ3) is 4.59. The summed E-state index contributed by atoms with van der Waals surface area (Å²) >= 11 is 4.98. The maximum absolute atomic E-state index is 12.0. The fourth-order valence-corrected chi connectivity index (χ4v) is 2.67. The molecule has 2 N–H and O–H groups in total. The smallest absolute Gasteiger partial charge is 0.251 e. The summed E-state index contributed by atoms with van der Waals surface area (Å²) in [4.78, 5) is 13.1. The van der Waals surface area contributed by atoms with Crippen molar-refractivity contribution in [3.8, 4) is 0 Å². The van der Waals surface area contributed by atoms with Gasteiger partial charge in [0.05, 0.1) is 6.10 Å². The molecule has 0 spiro atoms. The number of carbonyl (C=O) groups excluding carboxylic acids is 1. The van der Waals surface area contributed by atoms with Crippen LogP contribution in [0.25, 0.3) is 0 Å². The van der Waals surface area contributed by atoms with Gasteiger partial charge in [0, 0.05) is 21.5 Å². The third-order valence-electron chi connectivity index (χ3n) is 3.04. The molecule has 5 heteroatoms. The van der Waals surface area contributed by atoms with E-state index in [0.29, 0.717) is 5.56 Å². The van der Waals surface area contributed by atoms with Crippen molar-refractivity contribution in [3.63, 3.8) is 0 Å². The largest absolute Gasteiger partial charge is 0.387 e. The number of benzene rings is 2. The maximum atomic E-state index is 12.0. The minimum absolute atomic E-state index is 0.184. The lowest BCUT2D eigenvalue weighted by Gasteiger charge is -2.13. The summed E-state index contributed by atoms with van der Waals surface area (Å²) in [6.07, 6.45) is 1.29. The summed E-state index contributed by atoms with van der Waals surface area (Å²) in [6, 6.07) is 14.8. The molecule has 0 radical (unpaired) electrons. The molecule has 3 nitrogen and oxygen atoms in total. The SMILES string of the molecule is CSc1ccc([C@@H](O)CNC(=O)c2cccc(Br)c2)cc1. The predicted octanol–water partition coefficient (Wildman–Crippen LogP) is 3.63. The highest BCUT2D eigenvalue weighted by molar-refractivity contribution is 9.10. The van der Waals surface area contributed by atoms with Crippen LogP contribution in [0.5, 0.6) is 0 Å². The predicted molar refractivity (Wildman–Crippen MR) is 89.7 cm³/mol. The molecule has 1 atom stereocenters. The summed E-state index contributed by atoms with van der Waals surface area (Å²) in [5.41, 5.74) is 1.36. The molecule has 2 aromatic carbocycles. The van der Waals surface area contributed by atoms with Crippen LogP contribution in [-0.2, 0) is 0 Å². The van der Waals surface area contributed by atoms with Crippen LogP contribution < -0.4 is 5.32 Å². The van der Waals surface area contributed by atoms with E-state index in [1.165, 1.54) is 0 Å². The first-order valence-electron chi connectivity index (χ1n) is 6.46. The first-order chi connectivity index (χ1) is 10.1. The van der Waals surface area contributed by atoms with E-state index < -0.39 is 6.10 Å². The van der Waals surface area contributed by atoms with E-state index in [-0.39, 0.29) is 12.5 Å². The van der Waals surface area contributed by atoms with Gasteiger partial charge in [0.2, 0.25) is 0 Å². The lowest BCUT2D eigenvalue weighted by atomic mass is 10.1. The van der Waals surface area contributed by atoms with E-state index in [1.807, 2.05) is 36.6 Å². The van der Waals surface area contributed by atoms with Crippen molar-refractivity contribution >= 4 is 33.6 Å². The molecule has 2 rings (SSSR count). The standard InChI is InChI=1S/C16H16BrNO2S/c1-21-14-7-5-11(6-8-14)15(19)10-18-16(20)12-3-2-4-13(17)9-12/h2-9,15,19H,10H2,1H3,(H,18,20)/t15-/m0/s1. The summed E-state index contributed by atoms with van der Waals surface area (Å²) in [7, 11) is 0. The zero-order chi connectivity index (χ0) is 15.2. The topological polar surface area (TPSA) is 49.3 Å². The normalized spacial score (nSPS) is 12.0. The van der Waals surface area contributed by atoms with Crippen LogP contribution in [0.3, 0.4) is 0 Å². The van der Waals surface area contributed by atoms with Gasteiger partial charge in [-0.15, -0.1) is 11.8 Å². The summed E-state index contributed by atoms with van der Waals surface area (Å²) in [6.45, 7) is 0.184. The van der Waals surface area contributed by atoms with E-state index in [4.69, 9.17) is 0 Å². The molecule has 1 amide bonds. The first kappa shape index (κ1) is 16.1. The van der Waals surface area contributed by atoms with Gasteiger partial charge in [0.1, 0.15) is 0 Å². The van der Waals surface area contributed by atoms with E-state index in [2.05, 4.69) is 21.2 Å². The van der Waals surface area contributed by atoms with Crippen molar-refractivity contribution < 1.29 is 9.90 Å². The molecule has 110 valence electrons. The molecule has 2 aromatic rings. The maximum Gasteiger partial charge on any atom is 0.251 e. The van der Waals surface area contributed by atoms with Crippen LogP contribution in [0.4, 0.5) is 0 Å². The van der Waals surface area contributed by atoms with Crippen molar-refractivity contribution in [1.82, 2.24) is 5.32 Å². The number of hydrogen-bond acceptors (Lipinski definition) is 3. The molecular weight excluding hydrogens is 350 g/mol. The average molecular weight is 366 g/mol. The van der Waals surface area contributed by atoms with E-state index in [9.17, 15) is 9.90 Å². The molecule has 0 aliphatic carbocycles. The summed E-state index contributed by atoms with van der Waals surface area (Å²) in [5, 5.41) is 12.8. The van der Waals surface area contributed by atoms with Gasteiger partial charge in [-0.3, -0.25) is 4.79 Å². The van der Waals surface area contributed by atoms with Crippen molar-refractivity contribution in [2.75, 3.05) is 12.8 Å². The van der Waals surface area contributed by atoms with Crippen LogP contribution in [-0.4, -0.2) is 23.8 Å². The molecular formula is C16H16BrNO2S. The van der Waals surface area contributed by atoms with Gasteiger partial charge in [0.25, 0.3) is 5.91 Å². The van der Waals surface area contributed by atoms with Gasteiger partial charge in [-0.1, -0.05) is 34.1 Å². The fraction of sp³-hybridized carbons (Fsp3) is 0.188. The van der Waals surface area contributed by atoms with Gasteiger partial charge >= 0.3 is 0 Å². The minimum Gasteiger partial charge on any atom is -0.387 e. The Kier molecular flexibility index (Phi) is 5.85. The van der Waals surface area contributed by atoms with Crippen molar-refractivity contribution in [2.45, 2.75) is 11.0 Å². The fourth-order valence-electron chi connectivity index (χ4n) is 1.87. The Labute approximate surface area is 136 Å². The number of aliphatic hydroxyl groups is 1. The summed E-state index contributed by atoms with van der Waals surface area (Å²) in [5.74, 6) is -0.198. The highest BCUT2D eigenvalue weighted by Gasteiger charge is 2.11. The number of thioether (sulfide) groups is 1. The molecule has 0 heterocycles. The molecule has 0 saturated heterocycles. The zero-order valence-electron chi connectivity index (χ0n) is 11.5. The van der Waals surface area contributed by atoms with Gasteiger partial charge in [-0.25, -0.2) is 0 Å². The molecule has 0 aliphatic heterocycles. The van der Waals surface area contributed by atoms with E-state index in [0.717, 1.165) is 14.9 Å². The van der Waals surface area contributed by atoms with Crippen LogP contribution in [0.2, 0.25) is 0 Å². The molecule has 0 aromatic heterocycles. The van der Waals surface area contributed by atoms with Gasteiger partial charge < -0.3 is 10.4 Å². The van der Waals surface area contributed by atoms with E-state index in [1.54, 1.807) is 30.0 Å². The minimum atomic E-state index is -0.711. The lowest BCUT2D eigenvalue weighted by Crippen LogP contribution is -2.28. The lowest BCUT2D eigenvalue weighted by molar-refractivity contribution is 0.0916. The Morgan fingerprint density at radius 3 is 2.62 bits per heavy atom. The van der Waals surface area contributed by atoms with E-state index >= 15 is 0 Å². The monoisotopic (exact) mass is 365 g/mol. The number of aliphatic hydroxyl groups excluding tert-OH is 1. The van der Waals surface area contributed by atoms with Crippen LogP contribution >= 0.6 is 27.7 Å². The number of hydrogen-bond donors (Lipinski definition) is 2. The molecule has 0 saturated carbocycles. The van der Waals surface area contributed by atoms with Crippen molar-refractivity contribution in [2.24, 2.45) is 0 Å². The number of nitrogens with one attached hydrogen (secondary N) is 1. The van der Waals surface area contributed by atoms with Crippen LogP contribution in [0.1, 0.15) is 22.0 Å². The third-order valence-corrected chi connectivity index (χ3v) is 4.28. The van der Waals surface area contributed by atoms with Gasteiger partial charge in [-0.05, 0) is 42.2 Å². The first-order valence-corrected chi connectivity index (χ1v) is 8.47. The zero-order valence-corrected chi connectivity index (χ0v) is 13.9. The number of halogens is 1. The molecule has 0 aliphatic rings. The average Bonchev–Trinajstić information content (AvgIpc) is 2.52. The molecule has 0 bridgehead atoms. The molecule has 0 fully saturated rings. The second-order valence-electron chi connectivity index (χ2n) is 4.51. The second kappa shape index (κ2) is 7.64. The number of carbonyl (C=O) groups is 1. The van der Waals surface area contributed by atoms with Crippen molar-refractivity contribution in [3.05, 3.63) is 64.1 Å². The van der Waals surface area contributed by atoms with Crippen LogP contribution in [0, 0.1) is 0 Å².